The van der Waals surface area contributed by atoms with Crippen molar-refractivity contribution in [1.82, 2.24) is 19.9 Å². The fourth-order valence-electron chi connectivity index (χ4n) is 1.52. The van der Waals surface area contributed by atoms with Gasteiger partial charge in [0.25, 0.3) is 0 Å². The van der Waals surface area contributed by atoms with E-state index in [0.29, 0.717) is 16.2 Å². The Labute approximate surface area is 110 Å². The van der Waals surface area contributed by atoms with E-state index in [9.17, 15) is 0 Å². The highest BCUT2D eigenvalue weighted by atomic mass is 127. The zero-order chi connectivity index (χ0) is 11.7. The van der Waals surface area contributed by atoms with E-state index in [-0.39, 0.29) is 0 Å². The lowest BCUT2D eigenvalue weighted by molar-refractivity contribution is 0.518. The third kappa shape index (κ3) is 2.09. The van der Waals surface area contributed by atoms with Crippen LogP contribution in [0.4, 0.5) is 5.82 Å². The highest BCUT2D eigenvalue weighted by Gasteiger charge is 2.08. The number of hydrogen-bond acceptors (Lipinski definition) is 5. The molecule has 0 radical (unpaired) electrons. The Hall–Kier alpha value is -1.64. The van der Waals surface area contributed by atoms with E-state index in [0.717, 1.165) is 16.9 Å². The number of imidazole rings is 1. The van der Waals surface area contributed by atoms with E-state index in [1.165, 1.54) is 0 Å². The van der Waals surface area contributed by atoms with Crippen LogP contribution in [0.5, 0.6) is 0 Å². The van der Waals surface area contributed by atoms with Gasteiger partial charge in [0.05, 0.1) is 19.1 Å². The number of nitrogens with one attached hydrogen (secondary N) is 2. The van der Waals surface area contributed by atoms with Gasteiger partial charge in [0.15, 0.2) is 15.3 Å². The minimum absolute atomic E-state index is 0.571. The number of aromatic amines is 1. The molecule has 6 nitrogen and oxygen atoms in total. The molecular formula is C10H8IN5O. The molecule has 0 amide bonds. The van der Waals surface area contributed by atoms with E-state index in [1.807, 2.05) is 12.1 Å². The Balaban J connectivity index is 1.91. The lowest BCUT2D eigenvalue weighted by Gasteiger charge is -2.04. The van der Waals surface area contributed by atoms with Crippen LogP contribution >= 0.6 is 22.6 Å². The van der Waals surface area contributed by atoms with E-state index < -0.39 is 0 Å². The molecule has 0 saturated carbocycles. The van der Waals surface area contributed by atoms with Crippen molar-refractivity contribution >= 4 is 39.6 Å². The first-order valence-electron chi connectivity index (χ1n) is 4.96. The Morgan fingerprint density at radius 1 is 1.41 bits per heavy atom. The predicted molar refractivity (Wildman–Crippen MR) is 70.4 cm³/mol. The number of fused-ring (bicyclic) bond motifs is 1. The molecule has 0 fully saturated rings. The average Bonchev–Trinajstić information content (AvgIpc) is 2.95. The maximum atomic E-state index is 5.24. The number of anilines is 1. The van der Waals surface area contributed by atoms with Gasteiger partial charge in [-0.3, -0.25) is 0 Å². The third-order valence-electron chi connectivity index (χ3n) is 2.26. The molecule has 0 bridgehead atoms. The van der Waals surface area contributed by atoms with Gasteiger partial charge in [0.1, 0.15) is 11.3 Å². The Kier molecular flexibility index (Phi) is 2.67. The summed E-state index contributed by atoms with van der Waals surface area (Å²) in [4.78, 5) is 15.7. The summed E-state index contributed by atoms with van der Waals surface area (Å²) in [7, 11) is 0. The summed E-state index contributed by atoms with van der Waals surface area (Å²) in [6.45, 7) is 0.571. The summed E-state index contributed by atoms with van der Waals surface area (Å²) in [5.74, 6) is 1.55. The highest BCUT2D eigenvalue weighted by molar-refractivity contribution is 14.1. The molecule has 86 valence electrons. The molecule has 3 aromatic rings. The minimum atomic E-state index is 0.571. The van der Waals surface area contributed by atoms with Crippen LogP contribution in [-0.2, 0) is 6.54 Å². The van der Waals surface area contributed by atoms with Crippen molar-refractivity contribution in [3.63, 3.8) is 0 Å². The molecule has 0 aromatic carbocycles. The molecule has 17 heavy (non-hydrogen) atoms. The largest absolute Gasteiger partial charge is 0.467 e. The summed E-state index contributed by atoms with van der Waals surface area (Å²) in [6.07, 6.45) is 3.25. The van der Waals surface area contributed by atoms with Crippen molar-refractivity contribution in [2.45, 2.75) is 6.54 Å². The normalized spacial score (nSPS) is 10.9. The van der Waals surface area contributed by atoms with Crippen LogP contribution in [0, 0.1) is 3.83 Å². The molecule has 0 aliphatic carbocycles. The summed E-state index contributed by atoms with van der Waals surface area (Å²) in [5.41, 5.74) is 1.46. The van der Waals surface area contributed by atoms with Gasteiger partial charge in [0, 0.05) is 22.6 Å². The van der Waals surface area contributed by atoms with Crippen LogP contribution in [0.1, 0.15) is 5.76 Å². The molecule has 7 heteroatoms. The van der Waals surface area contributed by atoms with Crippen LogP contribution in [0.15, 0.2) is 29.1 Å². The molecule has 3 rings (SSSR count). The van der Waals surface area contributed by atoms with Crippen LogP contribution in [-0.4, -0.2) is 19.9 Å². The number of nitrogens with zero attached hydrogens (tertiary/aromatic N) is 3. The summed E-state index contributed by atoms with van der Waals surface area (Å²) in [5, 5.41) is 3.18. The van der Waals surface area contributed by atoms with Crippen molar-refractivity contribution in [3.05, 3.63) is 34.3 Å². The molecule has 0 aliphatic rings. The molecule has 0 spiro atoms. The van der Waals surface area contributed by atoms with Gasteiger partial charge in [0.2, 0.25) is 0 Å². The fourth-order valence-corrected chi connectivity index (χ4v) is 2.00. The first-order valence-corrected chi connectivity index (χ1v) is 6.03. The van der Waals surface area contributed by atoms with Crippen molar-refractivity contribution < 1.29 is 4.42 Å². The molecule has 0 saturated heterocycles. The van der Waals surface area contributed by atoms with Gasteiger partial charge in [-0.05, 0) is 12.1 Å². The summed E-state index contributed by atoms with van der Waals surface area (Å²) < 4.78 is 5.91. The van der Waals surface area contributed by atoms with Gasteiger partial charge in [-0.15, -0.1) is 0 Å². The highest BCUT2D eigenvalue weighted by Crippen LogP contribution is 2.18. The lowest BCUT2D eigenvalue weighted by Crippen LogP contribution is -2.03. The Morgan fingerprint density at radius 2 is 2.35 bits per heavy atom. The fraction of sp³-hybridized carbons (Fsp3) is 0.100. The predicted octanol–water partition coefficient (Wildman–Crippen LogP) is 2.16. The minimum Gasteiger partial charge on any atom is -0.467 e. The van der Waals surface area contributed by atoms with Crippen molar-refractivity contribution in [2.24, 2.45) is 0 Å². The second-order valence-electron chi connectivity index (χ2n) is 3.37. The molecule has 0 unspecified atom stereocenters. The molecule has 0 atom stereocenters. The summed E-state index contributed by atoms with van der Waals surface area (Å²) in [6, 6.07) is 3.76. The Bertz CT molecular complexity index is 633. The molecule has 3 heterocycles. The van der Waals surface area contributed by atoms with Crippen LogP contribution in [0.2, 0.25) is 0 Å². The molecule has 2 N–H and O–H groups in total. The number of rotatable bonds is 3. The van der Waals surface area contributed by atoms with E-state index in [2.05, 4.69) is 47.8 Å². The van der Waals surface area contributed by atoms with E-state index in [4.69, 9.17) is 4.42 Å². The van der Waals surface area contributed by atoms with Crippen LogP contribution in [0.3, 0.4) is 0 Å². The van der Waals surface area contributed by atoms with Crippen molar-refractivity contribution in [3.8, 4) is 0 Å². The smallest absolute Gasteiger partial charge is 0.194 e. The van der Waals surface area contributed by atoms with E-state index in [1.54, 1.807) is 12.6 Å². The maximum Gasteiger partial charge on any atom is 0.194 e. The number of halogens is 1. The molecule has 3 aromatic heterocycles. The van der Waals surface area contributed by atoms with Crippen molar-refractivity contribution in [2.75, 3.05) is 5.32 Å². The van der Waals surface area contributed by atoms with Gasteiger partial charge >= 0.3 is 0 Å². The van der Waals surface area contributed by atoms with Gasteiger partial charge < -0.3 is 14.7 Å². The van der Waals surface area contributed by atoms with Gasteiger partial charge in [-0.25, -0.2) is 15.0 Å². The molecule has 0 aliphatic heterocycles. The first-order chi connectivity index (χ1) is 8.33. The standard InChI is InChI=1S/C10H8IN5O/c11-10-15-8(7-9(16-10)14-5-13-7)12-4-6-2-1-3-17-6/h1-3,5H,4H2,(H2,12,13,14,15,16). The summed E-state index contributed by atoms with van der Waals surface area (Å²) >= 11 is 2.07. The second kappa shape index (κ2) is 4.32. The maximum absolute atomic E-state index is 5.24. The average molecular weight is 341 g/mol. The van der Waals surface area contributed by atoms with Gasteiger partial charge in [-0.2, -0.15) is 0 Å². The molecular weight excluding hydrogens is 333 g/mol. The third-order valence-corrected chi connectivity index (χ3v) is 2.74. The number of H-pyrrole nitrogens is 1. The Morgan fingerprint density at radius 3 is 3.18 bits per heavy atom. The van der Waals surface area contributed by atoms with Gasteiger partial charge in [-0.1, -0.05) is 0 Å². The topological polar surface area (TPSA) is 79.6 Å². The quantitative estimate of drug-likeness (QED) is 0.564. The number of furan rings is 1. The number of hydrogen-bond donors (Lipinski definition) is 2. The zero-order valence-corrected chi connectivity index (χ0v) is 10.8. The first kappa shape index (κ1) is 10.5. The van der Waals surface area contributed by atoms with E-state index >= 15 is 0 Å². The van der Waals surface area contributed by atoms with Crippen LogP contribution in [0.25, 0.3) is 11.2 Å². The second-order valence-corrected chi connectivity index (χ2v) is 4.34. The zero-order valence-electron chi connectivity index (χ0n) is 8.64. The SMILES string of the molecule is Ic1nc(NCc2ccco2)c2nc[nH]c2n1. The monoisotopic (exact) mass is 341 g/mol. The van der Waals surface area contributed by atoms with Crippen LogP contribution < -0.4 is 5.32 Å². The number of aromatic nitrogens is 4. The van der Waals surface area contributed by atoms with Crippen molar-refractivity contribution in [1.29, 1.82) is 0 Å². The lowest BCUT2D eigenvalue weighted by atomic mass is 10.4.